The Labute approximate surface area is 153 Å². The molecule has 9 nitrogen and oxygen atoms in total. The molecule has 0 spiro atoms. The van der Waals surface area contributed by atoms with E-state index in [1.807, 2.05) is 0 Å². The van der Waals surface area contributed by atoms with Gasteiger partial charge < -0.3 is 14.6 Å². The summed E-state index contributed by atoms with van der Waals surface area (Å²) in [4.78, 5) is 16.7. The van der Waals surface area contributed by atoms with Crippen molar-refractivity contribution in [2.24, 2.45) is 7.05 Å². The zero-order valence-electron chi connectivity index (χ0n) is 14.8. The number of aromatic nitrogens is 6. The van der Waals surface area contributed by atoms with E-state index < -0.39 is 18.4 Å². The lowest BCUT2D eigenvalue weighted by Crippen LogP contribution is -2.15. The number of hydrogen-bond donors (Lipinski definition) is 1. The van der Waals surface area contributed by atoms with Crippen LogP contribution in [0.5, 0.6) is 5.88 Å². The first-order valence-corrected chi connectivity index (χ1v) is 7.94. The van der Waals surface area contributed by atoms with E-state index in [1.165, 1.54) is 35.8 Å². The van der Waals surface area contributed by atoms with Crippen LogP contribution in [-0.4, -0.2) is 49.0 Å². The Hall–Kier alpha value is -3.37. The normalized spacial score (nSPS) is 12.2. The van der Waals surface area contributed by atoms with E-state index in [0.29, 0.717) is 5.69 Å². The molecule has 1 N–H and O–H groups in total. The lowest BCUT2D eigenvalue weighted by Gasteiger charge is -2.14. The molecule has 11 heteroatoms. The minimum absolute atomic E-state index is 0.177. The first-order chi connectivity index (χ1) is 12.9. The monoisotopic (exact) mass is 377 g/mol. The van der Waals surface area contributed by atoms with Crippen LogP contribution in [0.3, 0.4) is 0 Å². The number of alkyl halides is 2. The zero-order chi connectivity index (χ0) is 19.6. The van der Waals surface area contributed by atoms with E-state index in [9.17, 15) is 13.6 Å². The third-order valence-corrected chi connectivity index (χ3v) is 3.83. The lowest BCUT2D eigenvalue weighted by atomic mass is 10.3. The maximum Gasteiger partial charge on any atom is 0.263 e. The van der Waals surface area contributed by atoms with E-state index in [2.05, 4.69) is 25.6 Å². The Balaban J connectivity index is 1.87. The minimum Gasteiger partial charge on any atom is -0.479 e. The van der Waals surface area contributed by atoms with Gasteiger partial charge >= 0.3 is 0 Å². The van der Waals surface area contributed by atoms with Crippen LogP contribution in [0.1, 0.15) is 23.3 Å². The molecule has 1 atom stereocenters. The zero-order valence-corrected chi connectivity index (χ0v) is 14.8. The fraction of sp³-hybridized carbons (Fsp3) is 0.312. The van der Waals surface area contributed by atoms with Gasteiger partial charge in [-0.1, -0.05) is 6.07 Å². The van der Waals surface area contributed by atoms with Gasteiger partial charge in [-0.05, 0) is 19.1 Å². The summed E-state index contributed by atoms with van der Waals surface area (Å²) < 4.78 is 33.8. The largest absolute Gasteiger partial charge is 0.479 e. The van der Waals surface area contributed by atoms with E-state index in [-0.39, 0.29) is 23.1 Å². The van der Waals surface area contributed by atoms with E-state index in [0.717, 1.165) is 0 Å². The Kier molecular flexibility index (Phi) is 5.10. The predicted molar refractivity (Wildman–Crippen MR) is 91.7 cm³/mol. The molecule has 0 aliphatic heterocycles. The van der Waals surface area contributed by atoms with Crippen molar-refractivity contribution in [2.45, 2.75) is 19.4 Å². The van der Waals surface area contributed by atoms with Crippen molar-refractivity contribution in [2.75, 3.05) is 12.4 Å². The average molecular weight is 377 g/mol. The molecule has 0 saturated heterocycles. The van der Waals surface area contributed by atoms with Gasteiger partial charge in [0.25, 0.3) is 12.3 Å². The van der Waals surface area contributed by atoms with Gasteiger partial charge in [-0.3, -0.25) is 9.48 Å². The second-order valence-corrected chi connectivity index (χ2v) is 5.72. The minimum atomic E-state index is -2.58. The summed E-state index contributed by atoms with van der Waals surface area (Å²) in [6.45, 7) is 1.36. The number of hydrogen-bond acceptors (Lipinski definition) is 6. The van der Waals surface area contributed by atoms with Crippen LogP contribution in [0, 0.1) is 0 Å². The van der Waals surface area contributed by atoms with Crippen LogP contribution in [0.15, 0.2) is 30.7 Å². The van der Waals surface area contributed by atoms with Crippen molar-refractivity contribution in [3.63, 3.8) is 0 Å². The molecule has 1 amide bonds. The SMILES string of the molecule is COc1nn(C)cc1C(=O)Nc1cccc(-c2nncn2[C@H](C)C(F)F)n1. The molecule has 142 valence electrons. The van der Waals surface area contributed by atoms with Gasteiger partial charge in [-0.25, -0.2) is 13.8 Å². The van der Waals surface area contributed by atoms with Gasteiger partial charge in [-0.15, -0.1) is 15.3 Å². The lowest BCUT2D eigenvalue weighted by molar-refractivity contribution is 0.0919. The highest BCUT2D eigenvalue weighted by atomic mass is 19.3. The predicted octanol–water partition coefficient (Wildman–Crippen LogP) is 2.16. The Morgan fingerprint density at radius 1 is 1.33 bits per heavy atom. The smallest absolute Gasteiger partial charge is 0.263 e. The number of methoxy groups -OCH3 is 1. The van der Waals surface area contributed by atoms with Gasteiger partial charge in [0.15, 0.2) is 5.82 Å². The van der Waals surface area contributed by atoms with Crippen molar-refractivity contribution in [1.82, 2.24) is 29.5 Å². The Morgan fingerprint density at radius 2 is 2.11 bits per heavy atom. The second kappa shape index (κ2) is 7.48. The molecule has 3 aromatic heterocycles. The van der Waals surface area contributed by atoms with E-state index in [4.69, 9.17) is 4.74 Å². The molecule has 0 bridgehead atoms. The molecule has 3 aromatic rings. The second-order valence-electron chi connectivity index (χ2n) is 5.72. The summed E-state index contributed by atoms with van der Waals surface area (Å²) in [7, 11) is 3.07. The number of ether oxygens (including phenoxy) is 1. The number of nitrogens with zero attached hydrogens (tertiary/aromatic N) is 6. The number of carbonyl (C=O) groups excluding carboxylic acids is 1. The van der Waals surface area contributed by atoms with Crippen LogP contribution in [0.4, 0.5) is 14.6 Å². The molecular formula is C16H17F2N7O2. The van der Waals surface area contributed by atoms with Crippen LogP contribution < -0.4 is 10.1 Å². The first-order valence-electron chi connectivity index (χ1n) is 7.94. The summed E-state index contributed by atoms with van der Waals surface area (Å²) in [6.07, 6.45) is 0.152. The highest BCUT2D eigenvalue weighted by Gasteiger charge is 2.22. The summed E-state index contributed by atoms with van der Waals surface area (Å²) in [6, 6.07) is 3.68. The molecule has 0 saturated carbocycles. The van der Waals surface area contributed by atoms with Crippen molar-refractivity contribution in [3.05, 3.63) is 36.3 Å². The van der Waals surface area contributed by atoms with E-state index in [1.54, 1.807) is 25.2 Å². The number of aryl methyl sites for hydroxylation is 1. The Morgan fingerprint density at radius 3 is 2.81 bits per heavy atom. The van der Waals surface area contributed by atoms with Gasteiger partial charge in [0, 0.05) is 13.2 Å². The number of carbonyl (C=O) groups is 1. The van der Waals surface area contributed by atoms with Crippen LogP contribution in [0.2, 0.25) is 0 Å². The number of rotatable bonds is 6. The third kappa shape index (κ3) is 3.76. The summed E-state index contributed by atoms with van der Waals surface area (Å²) in [5.41, 5.74) is 0.539. The summed E-state index contributed by atoms with van der Waals surface area (Å²) in [5, 5.41) is 14.2. The molecule has 3 heterocycles. The molecule has 27 heavy (non-hydrogen) atoms. The molecule has 0 aromatic carbocycles. The molecule has 0 radical (unpaired) electrons. The van der Waals surface area contributed by atoms with Crippen molar-refractivity contribution >= 4 is 11.7 Å². The average Bonchev–Trinajstić information content (AvgIpc) is 3.27. The molecule has 3 rings (SSSR count). The standard InChI is InChI=1S/C16H17F2N7O2/c1-9(13(17)18)25-8-19-22-14(25)11-5-4-6-12(20-11)21-15(26)10-7-24(2)23-16(10)27-3/h4-9,13H,1-3H3,(H,20,21,26)/t9-/m1/s1. The number of amides is 1. The number of pyridine rings is 1. The van der Waals surface area contributed by atoms with Crippen LogP contribution >= 0.6 is 0 Å². The third-order valence-electron chi connectivity index (χ3n) is 3.83. The molecule has 0 unspecified atom stereocenters. The number of halogens is 2. The number of nitrogens with one attached hydrogen (secondary N) is 1. The number of anilines is 1. The Bertz CT molecular complexity index is 954. The summed E-state index contributed by atoms with van der Waals surface area (Å²) in [5.74, 6) is 0.115. The van der Waals surface area contributed by atoms with Gasteiger partial charge in [-0.2, -0.15) is 0 Å². The maximum absolute atomic E-state index is 13.0. The fourth-order valence-corrected chi connectivity index (χ4v) is 2.43. The van der Waals surface area contributed by atoms with Crippen molar-refractivity contribution in [1.29, 1.82) is 0 Å². The van der Waals surface area contributed by atoms with Crippen molar-refractivity contribution < 1.29 is 18.3 Å². The first kappa shape index (κ1) is 18.4. The molecular weight excluding hydrogens is 360 g/mol. The van der Waals surface area contributed by atoms with Gasteiger partial charge in [0.1, 0.15) is 23.4 Å². The summed E-state index contributed by atoms with van der Waals surface area (Å²) >= 11 is 0. The fourth-order valence-electron chi connectivity index (χ4n) is 2.43. The molecule has 0 fully saturated rings. The van der Waals surface area contributed by atoms with Crippen LogP contribution in [0.25, 0.3) is 11.5 Å². The van der Waals surface area contributed by atoms with E-state index >= 15 is 0 Å². The molecule has 0 aliphatic carbocycles. The van der Waals surface area contributed by atoms with Gasteiger partial charge in [0.05, 0.1) is 13.2 Å². The maximum atomic E-state index is 13.0. The van der Waals surface area contributed by atoms with Crippen molar-refractivity contribution in [3.8, 4) is 17.4 Å². The highest BCUT2D eigenvalue weighted by molar-refractivity contribution is 6.05. The molecule has 0 aliphatic rings. The topological polar surface area (TPSA) is 99.8 Å². The highest BCUT2D eigenvalue weighted by Crippen LogP contribution is 2.24. The van der Waals surface area contributed by atoms with Gasteiger partial charge in [0.2, 0.25) is 5.88 Å². The van der Waals surface area contributed by atoms with Crippen LogP contribution in [-0.2, 0) is 7.05 Å². The quantitative estimate of drug-likeness (QED) is 0.707.